The molecule has 0 N–H and O–H groups in total. The largest absolute Gasteiger partial charge is 0.208 e. The molecule has 1 aromatic heterocycles. The number of rotatable bonds is 7. The third kappa shape index (κ3) is 6.03. The standard InChI is InChI=1S/C57H36N4/c58-37-38-25-27-39(28-26-38)44-33-34-49-51(35-44)57(45-19-9-3-10-20-45,46-21-11-4-12-22-46)52-36-50(47-23-13-14-24-48(47)53(49)52)40-29-31-43(32-30-40)56-60-54(41-15-5-1-6-16-41)59-55(61-56)42-17-7-2-8-18-42/h1-36H. The quantitative estimate of drug-likeness (QED) is 0.162. The fraction of sp³-hybridized carbons (Fsp3) is 0.0175. The summed E-state index contributed by atoms with van der Waals surface area (Å²) in [6.07, 6.45) is 0. The molecule has 10 aromatic rings. The molecule has 0 unspecified atom stereocenters. The smallest absolute Gasteiger partial charge is 0.164 e. The maximum Gasteiger partial charge on any atom is 0.164 e. The number of hydrogen-bond donors (Lipinski definition) is 0. The highest BCUT2D eigenvalue weighted by molar-refractivity contribution is 6.10. The van der Waals surface area contributed by atoms with Crippen molar-refractivity contribution in [1.29, 1.82) is 5.26 Å². The van der Waals surface area contributed by atoms with Gasteiger partial charge in [0.2, 0.25) is 0 Å². The number of benzene rings is 9. The molecule has 4 nitrogen and oxygen atoms in total. The van der Waals surface area contributed by atoms with E-state index in [1.165, 1.54) is 44.2 Å². The summed E-state index contributed by atoms with van der Waals surface area (Å²) in [5.74, 6) is 1.90. The van der Waals surface area contributed by atoms with Gasteiger partial charge in [-0.3, -0.25) is 0 Å². The minimum Gasteiger partial charge on any atom is -0.208 e. The van der Waals surface area contributed by atoms with Crippen LogP contribution in [0.15, 0.2) is 218 Å². The summed E-state index contributed by atoms with van der Waals surface area (Å²) in [6, 6.07) is 79.1. The van der Waals surface area contributed by atoms with Crippen molar-refractivity contribution in [2.24, 2.45) is 0 Å². The molecule has 9 aromatic carbocycles. The van der Waals surface area contributed by atoms with Crippen LogP contribution in [0.25, 0.3) is 78.3 Å². The molecule has 0 atom stereocenters. The monoisotopic (exact) mass is 776 g/mol. The summed E-state index contributed by atoms with van der Waals surface area (Å²) < 4.78 is 0. The van der Waals surface area contributed by atoms with Crippen LogP contribution in [0.5, 0.6) is 0 Å². The fourth-order valence-corrected chi connectivity index (χ4v) is 9.24. The lowest BCUT2D eigenvalue weighted by molar-refractivity contribution is 0.769. The Balaban J connectivity index is 1.12. The van der Waals surface area contributed by atoms with Crippen molar-refractivity contribution in [2.75, 3.05) is 0 Å². The van der Waals surface area contributed by atoms with E-state index in [0.717, 1.165) is 38.9 Å². The van der Waals surface area contributed by atoms with E-state index in [2.05, 4.69) is 140 Å². The first-order valence-corrected chi connectivity index (χ1v) is 20.5. The summed E-state index contributed by atoms with van der Waals surface area (Å²) in [4.78, 5) is 14.9. The Kier molecular flexibility index (Phi) is 8.73. The predicted molar refractivity (Wildman–Crippen MR) is 247 cm³/mol. The van der Waals surface area contributed by atoms with E-state index in [0.29, 0.717) is 23.0 Å². The highest BCUT2D eigenvalue weighted by Gasteiger charge is 2.47. The predicted octanol–water partition coefficient (Wildman–Crippen LogP) is 13.6. The van der Waals surface area contributed by atoms with E-state index >= 15 is 0 Å². The molecular weight excluding hydrogens is 741 g/mol. The van der Waals surface area contributed by atoms with Crippen LogP contribution in [0, 0.1) is 11.3 Å². The zero-order valence-corrected chi connectivity index (χ0v) is 33.1. The normalized spacial score (nSPS) is 12.4. The topological polar surface area (TPSA) is 62.5 Å². The van der Waals surface area contributed by atoms with Gasteiger partial charge in [0.05, 0.1) is 17.0 Å². The third-order valence-corrected chi connectivity index (χ3v) is 12.1. The van der Waals surface area contributed by atoms with E-state index < -0.39 is 5.41 Å². The van der Waals surface area contributed by atoms with E-state index in [1.807, 2.05) is 84.9 Å². The van der Waals surface area contributed by atoms with Crippen molar-refractivity contribution in [3.05, 3.63) is 246 Å². The molecule has 0 saturated carbocycles. The van der Waals surface area contributed by atoms with Crippen LogP contribution in [0.3, 0.4) is 0 Å². The van der Waals surface area contributed by atoms with Gasteiger partial charge in [0.1, 0.15) is 0 Å². The number of nitrogens with zero attached hydrogens (tertiary/aromatic N) is 4. The van der Waals surface area contributed by atoms with E-state index in [1.54, 1.807) is 0 Å². The Bertz CT molecular complexity index is 3170. The lowest BCUT2D eigenvalue weighted by Gasteiger charge is -2.34. The van der Waals surface area contributed by atoms with Gasteiger partial charge in [-0.1, -0.05) is 194 Å². The molecule has 0 radical (unpaired) electrons. The number of fused-ring (bicyclic) bond motifs is 5. The summed E-state index contributed by atoms with van der Waals surface area (Å²) in [5, 5.41) is 11.9. The fourth-order valence-electron chi connectivity index (χ4n) is 9.24. The van der Waals surface area contributed by atoms with Gasteiger partial charge < -0.3 is 0 Å². The van der Waals surface area contributed by atoms with Crippen LogP contribution < -0.4 is 0 Å². The number of nitriles is 1. The average Bonchev–Trinajstić information content (AvgIpc) is 3.65. The first-order chi connectivity index (χ1) is 30.2. The van der Waals surface area contributed by atoms with Crippen LogP contribution in [0.2, 0.25) is 0 Å². The van der Waals surface area contributed by atoms with Gasteiger partial charge in [-0.2, -0.15) is 5.26 Å². The summed E-state index contributed by atoms with van der Waals surface area (Å²) in [7, 11) is 0. The van der Waals surface area contributed by atoms with Crippen molar-refractivity contribution in [1.82, 2.24) is 15.0 Å². The van der Waals surface area contributed by atoms with Gasteiger partial charge in [0.25, 0.3) is 0 Å². The molecule has 0 bridgehead atoms. The molecule has 0 amide bonds. The van der Waals surface area contributed by atoms with Crippen molar-refractivity contribution < 1.29 is 0 Å². The van der Waals surface area contributed by atoms with Gasteiger partial charge in [0.15, 0.2) is 17.5 Å². The molecule has 0 aliphatic heterocycles. The van der Waals surface area contributed by atoms with Crippen LogP contribution >= 0.6 is 0 Å². The minimum atomic E-state index is -0.624. The van der Waals surface area contributed by atoms with E-state index in [9.17, 15) is 5.26 Å². The second-order valence-electron chi connectivity index (χ2n) is 15.4. The van der Waals surface area contributed by atoms with Crippen molar-refractivity contribution in [2.45, 2.75) is 5.41 Å². The van der Waals surface area contributed by atoms with Crippen molar-refractivity contribution in [3.8, 4) is 73.6 Å². The van der Waals surface area contributed by atoms with E-state index in [-0.39, 0.29) is 0 Å². The molecule has 0 saturated heterocycles. The molecule has 0 spiro atoms. The molecule has 1 heterocycles. The van der Waals surface area contributed by atoms with Gasteiger partial charge in [-0.05, 0) is 90.7 Å². The first kappa shape index (κ1) is 35.9. The zero-order valence-electron chi connectivity index (χ0n) is 33.1. The second-order valence-corrected chi connectivity index (χ2v) is 15.4. The van der Waals surface area contributed by atoms with Crippen molar-refractivity contribution >= 4 is 10.8 Å². The van der Waals surface area contributed by atoms with Gasteiger partial charge in [-0.15, -0.1) is 0 Å². The summed E-state index contributed by atoms with van der Waals surface area (Å²) >= 11 is 0. The number of hydrogen-bond acceptors (Lipinski definition) is 4. The van der Waals surface area contributed by atoms with Gasteiger partial charge >= 0.3 is 0 Å². The molecule has 284 valence electrons. The lowest BCUT2D eigenvalue weighted by atomic mass is 9.67. The van der Waals surface area contributed by atoms with Gasteiger partial charge in [0, 0.05) is 16.7 Å². The first-order valence-electron chi connectivity index (χ1n) is 20.5. The average molecular weight is 777 g/mol. The summed E-state index contributed by atoms with van der Waals surface area (Å²) in [5.41, 5.74) is 14.6. The molecular formula is C57H36N4. The molecule has 11 rings (SSSR count). The SMILES string of the molecule is N#Cc1ccc(-c2ccc3c(c2)C(c2ccccc2)(c2ccccc2)c2cc(-c4ccc(-c5nc(-c6ccccc6)nc(-c6ccccc6)n5)cc4)c4ccccc4c2-3)cc1. The second kappa shape index (κ2) is 14.8. The van der Waals surface area contributed by atoms with Crippen molar-refractivity contribution in [3.63, 3.8) is 0 Å². The highest BCUT2D eigenvalue weighted by atomic mass is 15.0. The Morgan fingerprint density at radius 3 is 1.33 bits per heavy atom. The van der Waals surface area contributed by atoms with Crippen LogP contribution in [-0.4, -0.2) is 15.0 Å². The molecule has 0 fully saturated rings. The minimum absolute atomic E-state index is 0.624. The molecule has 1 aliphatic carbocycles. The highest BCUT2D eigenvalue weighted by Crippen LogP contribution is 2.59. The Morgan fingerprint density at radius 2 is 0.787 bits per heavy atom. The van der Waals surface area contributed by atoms with Crippen LogP contribution in [0.1, 0.15) is 27.8 Å². The van der Waals surface area contributed by atoms with Gasteiger partial charge in [-0.25, -0.2) is 15.0 Å². The van der Waals surface area contributed by atoms with Crippen LogP contribution in [0.4, 0.5) is 0 Å². The molecule has 61 heavy (non-hydrogen) atoms. The Hall–Kier alpha value is -8.26. The number of aromatic nitrogens is 3. The molecule has 1 aliphatic rings. The maximum atomic E-state index is 9.54. The maximum absolute atomic E-state index is 9.54. The third-order valence-electron chi connectivity index (χ3n) is 12.1. The Labute approximate surface area is 354 Å². The Morgan fingerprint density at radius 1 is 0.344 bits per heavy atom. The van der Waals surface area contributed by atoms with E-state index in [4.69, 9.17) is 15.0 Å². The lowest BCUT2D eigenvalue weighted by Crippen LogP contribution is -2.28. The zero-order chi connectivity index (χ0) is 40.8. The van der Waals surface area contributed by atoms with Crippen LogP contribution in [-0.2, 0) is 5.41 Å². The summed E-state index contributed by atoms with van der Waals surface area (Å²) in [6.45, 7) is 0. The molecule has 4 heteroatoms.